The number of rotatable bonds is 0. The first kappa shape index (κ1) is 10.7. The Balaban J connectivity index is 0.000000720. The van der Waals surface area contributed by atoms with Crippen molar-refractivity contribution in [3.63, 3.8) is 0 Å². The fourth-order valence-electron chi connectivity index (χ4n) is 2.13. The van der Waals surface area contributed by atoms with E-state index in [0.717, 1.165) is 5.92 Å². The molecule has 2 fully saturated rings. The molecular formula is C9H18ClNS. The Kier molecular flexibility index (Phi) is 3.74. The van der Waals surface area contributed by atoms with Gasteiger partial charge >= 0.3 is 0 Å². The molecule has 0 aromatic rings. The van der Waals surface area contributed by atoms with Crippen molar-refractivity contribution in [3.8, 4) is 0 Å². The van der Waals surface area contributed by atoms with Gasteiger partial charge in [0, 0.05) is 12.3 Å². The zero-order valence-corrected chi connectivity index (χ0v) is 9.27. The van der Waals surface area contributed by atoms with Gasteiger partial charge in [-0.2, -0.15) is 0 Å². The average Bonchev–Trinajstić information content (AvgIpc) is 2.45. The van der Waals surface area contributed by atoms with Crippen LogP contribution in [0.25, 0.3) is 0 Å². The summed E-state index contributed by atoms with van der Waals surface area (Å²) in [5.41, 5.74) is 0. The predicted octanol–water partition coefficient (Wildman–Crippen LogP) is 2.65. The molecule has 1 aliphatic carbocycles. The van der Waals surface area contributed by atoms with E-state index in [0.29, 0.717) is 4.87 Å². The van der Waals surface area contributed by atoms with Crippen LogP contribution in [-0.4, -0.2) is 17.2 Å². The van der Waals surface area contributed by atoms with Gasteiger partial charge in [-0.15, -0.1) is 24.2 Å². The topological polar surface area (TPSA) is 12.0 Å². The van der Waals surface area contributed by atoms with Gasteiger partial charge in [0.2, 0.25) is 0 Å². The van der Waals surface area contributed by atoms with Crippen molar-refractivity contribution in [3.05, 3.63) is 0 Å². The highest BCUT2D eigenvalue weighted by Gasteiger charge is 2.36. The molecule has 1 aliphatic heterocycles. The van der Waals surface area contributed by atoms with Crippen molar-refractivity contribution in [1.29, 1.82) is 0 Å². The monoisotopic (exact) mass is 207 g/mol. The molecule has 1 heterocycles. The van der Waals surface area contributed by atoms with Gasteiger partial charge in [0.1, 0.15) is 0 Å². The van der Waals surface area contributed by atoms with Gasteiger partial charge in [0.25, 0.3) is 0 Å². The van der Waals surface area contributed by atoms with Gasteiger partial charge in [-0.05, 0) is 31.6 Å². The van der Waals surface area contributed by atoms with Gasteiger partial charge in [0.15, 0.2) is 0 Å². The van der Waals surface area contributed by atoms with Crippen LogP contribution in [-0.2, 0) is 0 Å². The maximum atomic E-state index is 3.66. The van der Waals surface area contributed by atoms with E-state index in [9.17, 15) is 0 Å². The summed E-state index contributed by atoms with van der Waals surface area (Å²) >= 11 is 2.16. The fourth-order valence-corrected chi connectivity index (χ4v) is 3.45. The average molecular weight is 208 g/mol. The van der Waals surface area contributed by atoms with Gasteiger partial charge in [-0.1, -0.05) is 6.92 Å². The molecule has 0 unspecified atom stereocenters. The predicted molar refractivity (Wildman–Crippen MR) is 58.1 cm³/mol. The molecule has 1 saturated carbocycles. The van der Waals surface area contributed by atoms with Crippen molar-refractivity contribution in [2.75, 3.05) is 12.3 Å². The lowest BCUT2D eigenvalue weighted by Gasteiger charge is -2.35. The van der Waals surface area contributed by atoms with E-state index in [1.54, 1.807) is 0 Å². The standard InChI is InChI=1S/C9H17NS.ClH/c1-8-2-4-9(5-3-8)10-6-7-11-9;/h8,10H,2-7H2,1H3;1H. The van der Waals surface area contributed by atoms with Gasteiger partial charge in [0.05, 0.1) is 4.87 Å². The molecular weight excluding hydrogens is 190 g/mol. The van der Waals surface area contributed by atoms with Gasteiger partial charge in [-0.3, -0.25) is 0 Å². The fraction of sp³-hybridized carbons (Fsp3) is 1.00. The lowest BCUT2D eigenvalue weighted by atomic mass is 9.87. The molecule has 0 radical (unpaired) electrons. The maximum Gasteiger partial charge on any atom is 0.0646 e. The molecule has 0 aromatic carbocycles. The molecule has 0 bridgehead atoms. The maximum absolute atomic E-state index is 3.66. The van der Waals surface area contributed by atoms with Crippen LogP contribution < -0.4 is 5.32 Å². The Hall–Kier alpha value is 0.600. The number of hydrogen-bond acceptors (Lipinski definition) is 2. The molecule has 1 N–H and O–H groups in total. The molecule has 2 rings (SSSR count). The Morgan fingerprint density at radius 3 is 2.50 bits per heavy atom. The van der Waals surface area contributed by atoms with Crippen LogP contribution in [0.1, 0.15) is 32.6 Å². The van der Waals surface area contributed by atoms with Crippen LogP contribution in [0.5, 0.6) is 0 Å². The summed E-state index contributed by atoms with van der Waals surface area (Å²) in [7, 11) is 0. The van der Waals surface area contributed by atoms with Crippen LogP contribution in [0.3, 0.4) is 0 Å². The number of halogens is 1. The molecule has 12 heavy (non-hydrogen) atoms. The summed E-state index contributed by atoms with van der Waals surface area (Å²) < 4.78 is 0. The van der Waals surface area contributed by atoms with E-state index in [2.05, 4.69) is 24.0 Å². The van der Waals surface area contributed by atoms with E-state index < -0.39 is 0 Å². The first-order chi connectivity index (χ1) is 5.31. The van der Waals surface area contributed by atoms with Gasteiger partial charge < -0.3 is 5.32 Å². The third-order valence-electron chi connectivity index (χ3n) is 3.01. The van der Waals surface area contributed by atoms with E-state index in [4.69, 9.17) is 0 Å². The van der Waals surface area contributed by atoms with Crippen molar-refractivity contribution in [2.45, 2.75) is 37.5 Å². The Morgan fingerprint density at radius 1 is 1.33 bits per heavy atom. The highest BCUT2D eigenvalue weighted by Crippen LogP contribution is 2.41. The van der Waals surface area contributed by atoms with E-state index in [1.807, 2.05) is 0 Å². The second-order valence-corrected chi connectivity index (χ2v) is 5.43. The van der Waals surface area contributed by atoms with Crippen molar-refractivity contribution < 1.29 is 0 Å². The van der Waals surface area contributed by atoms with Crippen molar-refractivity contribution in [1.82, 2.24) is 5.32 Å². The van der Waals surface area contributed by atoms with E-state index >= 15 is 0 Å². The first-order valence-corrected chi connectivity index (χ1v) is 5.68. The molecule has 0 amide bonds. The summed E-state index contributed by atoms with van der Waals surface area (Å²) in [4.78, 5) is 0.520. The number of thioether (sulfide) groups is 1. The summed E-state index contributed by atoms with van der Waals surface area (Å²) in [6, 6.07) is 0. The SMILES string of the molecule is CC1CCC2(CC1)NCCS2.Cl. The van der Waals surface area contributed by atoms with Crippen molar-refractivity contribution in [2.24, 2.45) is 5.92 Å². The van der Waals surface area contributed by atoms with E-state index in [-0.39, 0.29) is 12.4 Å². The quantitative estimate of drug-likeness (QED) is 0.656. The Bertz CT molecular complexity index is 135. The van der Waals surface area contributed by atoms with Crippen LogP contribution in [0.2, 0.25) is 0 Å². The van der Waals surface area contributed by atoms with Crippen molar-refractivity contribution >= 4 is 24.2 Å². The Morgan fingerprint density at radius 2 is 2.00 bits per heavy atom. The molecule has 1 spiro atoms. The number of nitrogens with one attached hydrogen (secondary N) is 1. The highest BCUT2D eigenvalue weighted by atomic mass is 35.5. The number of hydrogen-bond donors (Lipinski definition) is 1. The first-order valence-electron chi connectivity index (χ1n) is 4.70. The smallest absolute Gasteiger partial charge is 0.0646 e. The summed E-state index contributed by atoms with van der Waals surface area (Å²) in [5, 5.41) is 3.66. The highest BCUT2D eigenvalue weighted by molar-refractivity contribution is 8.00. The molecule has 3 heteroatoms. The minimum atomic E-state index is 0. The third kappa shape index (κ3) is 2.09. The van der Waals surface area contributed by atoms with Crippen LogP contribution in [0, 0.1) is 5.92 Å². The summed E-state index contributed by atoms with van der Waals surface area (Å²) in [6.45, 7) is 3.62. The van der Waals surface area contributed by atoms with Crippen LogP contribution in [0.15, 0.2) is 0 Å². The minimum absolute atomic E-state index is 0. The lowest BCUT2D eigenvalue weighted by molar-refractivity contribution is 0.293. The molecule has 2 aliphatic rings. The largest absolute Gasteiger partial charge is 0.302 e. The van der Waals surface area contributed by atoms with Crippen LogP contribution in [0.4, 0.5) is 0 Å². The third-order valence-corrected chi connectivity index (χ3v) is 4.52. The molecule has 0 atom stereocenters. The molecule has 1 saturated heterocycles. The van der Waals surface area contributed by atoms with E-state index in [1.165, 1.54) is 38.0 Å². The summed E-state index contributed by atoms with van der Waals surface area (Å²) in [6.07, 6.45) is 5.66. The zero-order chi connectivity index (χ0) is 7.73. The molecule has 1 nitrogen and oxygen atoms in total. The second kappa shape index (κ2) is 4.21. The van der Waals surface area contributed by atoms with Gasteiger partial charge in [-0.25, -0.2) is 0 Å². The summed E-state index contributed by atoms with van der Waals surface area (Å²) in [5.74, 6) is 2.30. The minimum Gasteiger partial charge on any atom is -0.302 e. The zero-order valence-electron chi connectivity index (χ0n) is 7.64. The second-order valence-electron chi connectivity index (χ2n) is 3.95. The Labute approximate surface area is 85.5 Å². The normalized spacial score (nSPS) is 41.2. The van der Waals surface area contributed by atoms with Crippen LogP contribution >= 0.6 is 24.2 Å². The lowest BCUT2D eigenvalue weighted by Crippen LogP contribution is -2.40. The molecule has 0 aromatic heterocycles. The molecule has 72 valence electrons.